The summed E-state index contributed by atoms with van der Waals surface area (Å²) in [6.07, 6.45) is 5.47. The molecule has 0 radical (unpaired) electrons. The number of benzene rings is 2. The lowest BCUT2D eigenvalue weighted by Gasteiger charge is -2.41. The number of carbonyl (C=O) groups excluding carboxylic acids is 1. The minimum absolute atomic E-state index is 0.345. The van der Waals surface area contributed by atoms with Gasteiger partial charge in [-0.2, -0.15) is 0 Å². The first-order valence-corrected chi connectivity index (χ1v) is 10.8. The van der Waals surface area contributed by atoms with Crippen LogP contribution in [0.5, 0.6) is 0 Å². The highest BCUT2D eigenvalue weighted by atomic mass is 16.2. The monoisotopic (exact) mass is 376 g/mol. The minimum atomic E-state index is -0.345. The van der Waals surface area contributed by atoms with Gasteiger partial charge in [-0.1, -0.05) is 60.7 Å². The zero-order valence-corrected chi connectivity index (χ0v) is 17.0. The Morgan fingerprint density at radius 3 is 2.18 bits per heavy atom. The van der Waals surface area contributed by atoms with Crippen LogP contribution in [0.2, 0.25) is 0 Å². The van der Waals surface area contributed by atoms with Crippen molar-refractivity contribution < 1.29 is 4.79 Å². The zero-order valence-electron chi connectivity index (χ0n) is 17.0. The van der Waals surface area contributed by atoms with Crippen LogP contribution in [-0.4, -0.2) is 40.9 Å². The quantitative estimate of drug-likeness (QED) is 0.766. The lowest BCUT2D eigenvalue weighted by atomic mass is 9.88. The summed E-state index contributed by atoms with van der Waals surface area (Å²) in [4.78, 5) is 18.0. The van der Waals surface area contributed by atoms with Gasteiger partial charge in [0.25, 0.3) is 0 Å². The third-order valence-electron chi connectivity index (χ3n) is 6.74. The van der Waals surface area contributed by atoms with Crippen LogP contribution in [0.1, 0.15) is 43.7 Å². The van der Waals surface area contributed by atoms with E-state index >= 15 is 0 Å². The molecule has 0 spiro atoms. The van der Waals surface area contributed by atoms with E-state index in [0.29, 0.717) is 11.8 Å². The maximum absolute atomic E-state index is 13.5. The van der Waals surface area contributed by atoms with E-state index < -0.39 is 0 Å². The maximum atomic E-state index is 13.5. The van der Waals surface area contributed by atoms with Gasteiger partial charge in [0.2, 0.25) is 5.91 Å². The number of amides is 1. The molecule has 2 saturated heterocycles. The molecule has 0 bridgehead atoms. The Balaban J connectivity index is 1.36. The van der Waals surface area contributed by atoms with Crippen molar-refractivity contribution >= 4 is 5.91 Å². The number of piperidine rings is 1. The Morgan fingerprint density at radius 1 is 0.929 bits per heavy atom. The van der Waals surface area contributed by atoms with E-state index in [9.17, 15) is 4.79 Å². The first-order chi connectivity index (χ1) is 13.6. The van der Waals surface area contributed by atoms with Gasteiger partial charge >= 0.3 is 0 Å². The molecule has 0 aromatic heterocycles. The standard InChI is InChI=1S/C25H32N2O/c1-25(15-8-16-27(25)20-23-11-6-3-7-12-23)24(28)26-17-13-22(14-18-26)19-21-9-4-2-5-10-21/h2-7,9-12,22H,8,13-20H2,1H3. The highest BCUT2D eigenvalue weighted by Gasteiger charge is 2.45. The van der Waals surface area contributed by atoms with Crippen LogP contribution in [0.25, 0.3) is 0 Å². The smallest absolute Gasteiger partial charge is 0.242 e. The molecule has 28 heavy (non-hydrogen) atoms. The largest absolute Gasteiger partial charge is 0.341 e. The molecule has 3 nitrogen and oxygen atoms in total. The summed E-state index contributed by atoms with van der Waals surface area (Å²) in [5.41, 5.74) is 2.37. The summed E-state index contributed by atoms with van der Waals surface area (Å²) in [6, 6.07) is 21.3. The molecule has 0 saturated carbocycles. The molecule has 0 N–H and O–H groups in total. The molecular formula is C25H32N2O. The van der Waals surface area contributed by atoms with Crippen LogP contribution < -0.4 is 0 Å². The third-order valence-corrected chi connectivity index (χ3v) is 6.74. The summed E-state index contributed by atoms with van der Waals surface area (Å²) in [5, 5.41) is 0. The molecule has 2 aromatic carbocycles. The Bertz CT molecular complexity index is 768. The van der Waals surface area contributed by atoms with Crippen LogP contribution in [0.15, 0.2) is 60.7 Å². The average molecular weight is 377 g/mol. The predicted octanol–water partition coefficient (Wildman–Crippen LogP) is 4.52. The highest BCUT2D eigenvalue weighted by Crippen LogP contribution is 2.34. The number of rotatable bonds is 5. The number of hydrogen-bond donors (Lipinski definition) is 0. The highest BCUT2D eigenvalue weighted by molar-refractivity contribution is 5.86. The molecule has 2 aromatic rings. The Hall–Kier alpha value is -2.13. The van der Waals surface area contributed by atoms with Gasteiger partial charge in [-0.25, -0.2) is 0 Å². The van der Waals surface area contributed by atoms with Crippen molar-refractivity contribution in [3.05, 3.63) is 71.8 Å². The topological polar surface area (TPSA) is 23.6 Å². The molecule has 0 aliphatic carbocycles. The second-order valence-corrected chi connectivity index (χ2v) is 8.71. The molecule has 2 fully saturated rings. The van der Waals surface area contributed by atoms with E-state index in [2.05, 4.69) is 77.4 Å². The summed E-state index contributed by atoms with van der Waals surface area (Å²) in [5.74, 6) is 1.04. The normalized spacial score (nSPS) is 23.8. The van der Waals surface area contributed by atoms with Crippen LogP contribution in [-0.2, 0) is 17.8 Å². The molecular weight excluding hydrogens is 344 g/mol. The minimum Gasteiger partial charge on any atom is -0.341 e. The summed E-state index contributed by atoms with van der Waals surface area (Å²) >= 11 is 0. The van der Waals surface area contributed by atoms with Gasteiger partial charge in [0.15, 0.2) is 0 Å². The molecule has 2 aliphatic rings. The van der Waals surface area contributed by atoms with E-state index in [-0.39, 0.29) is 5.54 Å². The predicted molar refractivity (Wildman–Crippen MR) is 114 cm³/mol. The number of carbonyl (C=O) groups is 1. The van der Waals surface area contributed by atoms with Crippen molar-refractivity contribution in [2.45, 2.75) is 51.1 Å². The molecule has 3 heteroatoms. The molecule has 1 unspecified atom stereocenters. The van der Waals surface area contributed by atoms with Gasteiger partial charge in [-0.15, -0.1) is 0 Å². The molecule has 2 heterocycles. The van der Waals surface area contributed by atoms with Gasteiger partial charge in [-0.05, 0) is 62.6 Å². The van der Waals surface area contributed by atoms with Gasteiger partial charge in [0.05, 0.1) is 5.54 Å². The van der Waals surface area contributed by atoms with E-state index in [1.807, 2.05) is 0 Å². The Morgan fingerprint density at radius 2 is 1.54 bits per heavy atom. The lowest BCUT2D eigenvalue weighted by Crippen LogP contribution is -2.56. The summed E-state index contributed by atoms with van der Waals surface area (Å²) < 4.78 is 0. The van der Waals surface area contributed by atoms with Crippen molar-refractivity contribution in [3.8, 4) is 0 Å². The summed E-state index contributed by atoms with van der Waals surface area (Å²) in [7, 11) is 0. The van der Waals surface area contributed by atoms with Crippen LogP contribution >= 0.6 is 0 Å². The fourth-order valence-corrected chi connectivity index (χ4v) is 4.95. The molecule has 1 amide bonds. The van der Waals surface area contributed by atoms with E-state index in [1.54, 1.807) is 0 Å². The van der Waals surface area contributed by atoms with Crippen molar-refractivity contribution in [1.29, 1.82) is 0 Å². The van der Waals surface area contributed by atoms with Crippen LogP contribution in [0.3, 0.4) is 0 Å². The maximum Gasteiger partial charge on any atom is 0.242 e. The van der Waals surface area contributed by atoms with Crippen LogP contribution in [0, 0.1) is 5.92 Å². The lowest BCUT2D eigenvalue weighted by molar-refractivity contribution is -0.143. The Labute approximate surface area is 169 Å². The second kappa shape index (κ2) is 8.48. The van der Waals surface area contributed by atoms with Crippen molar-refractivity contribution in [3.63, 3.8) is 0 Å². The number of likely N-dealkylation sites (tertiary alicyclic amines) is 2. The first kappa shape index (κ1) is 19.2. The summed E-state index contributed by atoms with van der Waals surface area (Å²) in [6.45, 7) is 5.87. The molecule has 1 atom stereocenters. The van der Waals surface area contributed by atoms with E-state index in [1.165, 1.54) is 11.1 Å². The van der Waals surface area contributed by atoms with Gasteiger partial charge in [0.1, 0.15) is 0 Å². The number of nitrogens with zero attached hydrogens (tertiary/aromatic N) is 2. The number of hydrogen-bond acceptors (Lipinski definition) is 2. The van der Waals surface area contributed by atoms with Gasteiger partial charge in [0, 0.05) is 19.6 Å². The van der Waals surface area contributed by atoms with Gasteiger partial charge in [-0.3, -0.25) is 9.69 Å². The molecule has 4 rings (SSSR count). The van der Waals surface area contributed by atoms with E-state index in [4.69, 9.17) is 0 Å². The van der Waals surface area contributed by atoms with E-state index in [0.717, 1.165) is 58.3 Å². The second-order valence-electron chi connectivity index (χ2n) is 8.71. The van der Waals surface area contributed by atoms with Crippen molar-refractivity contribution in [2.24, 2.45) is 5.92 Å². The molecule has 148 valence electrons. The fourth-order valence-electron chi connectivity index (χ4n) is 4.95. The first-order valence-electron chi connectivity index (χ1n) is 10.8. The SMILES string of the molecule is CC1(C(=O)N2CCC(Cc3ccccc3)CC2)CCCN1Cc1ccccc1. The Kier molecular flexibility index (Phi) is 5.82. The average Bonchev–Trinajstić information content (AvgIpc) is 3.11. The van der Waals surface area contributed by atoms with Crippen molar-refractivity contribution in [1.82, 2.24) is 9.80 Å². The van der Waals surface area contributed by atoms with Crippen molar-refractivity contribution in [2.75, 3.05) is 19.6 Å². The molecule has 2 aliphatic heterocycles. The fraction of sp³-hybridized carbons (Fsp3) is 0.480. The van der Waals surface area contributed by atoms with Crippen LogP contribution in [0.4, 0.5) is 0 Å². The third kappa shape index (κ3) is 4.15. The zero-order chi connectivity index (χ0) is 19.4. The van der Waals surface area contributed by atoms with Gasteiger partial charge < -0.3 is 4.90 Å².